The van der Waals surface area contributed by atoms with Crippen LogP contribution in [0.5, 0.6) is 0 Å². The Morgan fingerprint density at radius 3 is 1.83 bits per heavy atom. The summed E-state index contributed by atoms with van der Waals surface area (Å²) in [6.45, 7) is 12.0. The number of hydrogen-bond acceptors (Lipinski definition) is 14. The Morgan fingerprint density at radius 2 is 1.21 bits per heavy atom. The normalized spacial score (nSPS) is 15.2. The first-order chi connectivity index (χ1) is 30.9. The van der Waals surface area contributed by atoms with E-state index in [1.54, 1.807) is 38.6 Å². The molecular formula is C48H46N8S6Si. The Hall–Kier alpha value is -4.22. The number of rotatable bonds is 15. The molecule has 1 aliphatic heterocycles. The molecule has 3 unspecified atom stereocenters. The van der Waals surface area contributed by atoms with Crippen LogP contribution in [-0.2, 0) is 0 Å². The van der Waals surface area contributed by atoms with Crippen LogP contribution in [0.15, 0.2) is 67.0 Å². The molecule has 0 fully saturated rings. The van der Waals surface area contributed by atoms with Crippen molar-refractivity contribution in [2.45, 2.75) is 91.5 Å². The molecule has 0 bridgehead atoms. The van der Waals surface area contributed by atoms with Gasteiger partial charge in [-0.3, -0.25) is 9.97 Å². The van der Waals surface area contributed by atoms with Gasteiger partial charge in [0.25, 0.3) is 0 Å². The number of fused-ring (bicyclic) bond motifs is 7. The second-order valence-corrected chi connectivity index (χ2v) is 25.0. The number of para-hydroxylation sites is 2. The van der Waals surface area contributed by atoms with E-state index in [0.717, 1.165) is 75.0 Å². The van der Waals surface area contributed by atoms with E-state index in [9.17, 15) is 0 Å². The zero-order valence-corrected chi connectivity index (χ0v) is 41.9. The fraction of sp³-hybridized carbons (Fsp3) is 0.333. The van der Waals surface area contributed by atoms with Gasteiger partial charge in [-0.15, -0.1) is 45.3 Å². The number of unbranched alkanes of at least 4 members (excludes halogenated alkanes) is 2. The van der Waals surface area contributed by atoms with Gasteiger partial charge in [-0.2, -0.15) is 17.5 Å². The summed E-state index contributed by atoms with van der Waals surface area (Å²) in [5, 5.41) is 5.06. The molecule has 63 heavy (non-hydrogen) atoms. The minimum absolute atomic E-state index is 0.385. The lowest BCUT2D eigenvalue weighted by atomic mass is 9.84. The van der Waals surface area contributed by atoms with Gasteiger partial charge in [0.05, 0.1) is 43.9 Å². The van der Waals surface area contributed by atoms with Crippen LogP contribution in [-0.4, -0.2) is 46.2 Å². The highest BCUT2D eigenvalue weighted by molar-refractivity contribution is 7.30. The topological polar surface area (TPSA) is 103 Å². The molecular weight excluding hydrogens is 909 g/mol. The molecule has 8 nitrogen and oxygen atoms in total. The van der Waals surface area contributed by atoms with Crippen LogP contribution in [0.25, 0.3) is 94.5 Å². The molecule has 0 saturated heterocycles. The summed E-state index contributed by atoms with van der Waals surface area (Å²) in [7, 11) is -1.71. The highest BCUT2D eigenvalue weighted by atomic mass is 32.1. The van der Waals surface area contributed by atoms with Crippen LogP contribution < -0.4 is 10.4 Å². The van der Waals surface area contributed by atoms with E-state index in [4.69, 9.17) is 37.4 Å². The van der Waals surface area contributed by atoms with E-state index >= 15 is 0 Å². The summed E-state index contributed by atoms with van der Waals surface area (Å²) in [5.41, 5.74) is 10.9. The average molecular weight is 955 g/mol. The van der Waals surface area contributed by atoms with E-state index in [1.807, 2.05) is 41.0 Å². The predicted octanol–water partition coefficient (Wildman–Crippen LogP) is 14.0. The van der Waals surface area contributed by atoms with Gasteiger partial charge < -0.3 is 0 Å². The van der Waals surface area contributed by atoms with Crippen LogP contribution in [0.2, 0.25) is 6.04 Å². The largest absolute Gasteiger partial charge is 0.251 e. The zero-order valence-electron chi connectivity index (χ0n) is 35.8. The molecule has 1 aliphatic rings. The minimum Gasteiger partial charge on any atom is -0.251 e. The van der Waals surface area contributed by atoms with Crippen molar-refractivity contribution >= 4 is 130 Å². The van der Waals surface area contributed by atoms with Gasteiger partial charge in [0.2, 0.25) is 0 Å². The van der Waals surface area contributed by atoms with Crippen molar-refractivity contribution in [3.8, 4) is 52.0 Å². The van der Waals surface area contributed by atoms with E-state index in [-0.39, 0.29) is 0 Å². The second kappa shape index (κ2) is 17.3. The second-order valence-electron chi connectivity index (χ2n) is 17.0. The third-order valence-corrected chi connectivity index (χ3v) is 23.0. The first kappa shape index (κ1) is 41.5. The average Bonchev–Trinajstić information content (AvgIpc) is 4.17. The Kier molecular flexibility index (Phi) is 11.4. The number of pyridine rings is 2. The van der Waals surface area contributed by atoms with Crippen molar-refractivity contribution in [2.75, 3.05) is 0 Å². The zero-order chi connectivity index (χ0) is 42.8. The fourth-order valence-electron chi connectivity index (χ4n) is 9.52. The van der Waals surface area contributed by atoms with Gasteiger partial charge >= 0.3 is 0 Å². The summed E-state index contributed by atoms with van der Waals surface area (Å²) < 4.78 is 22.0. The maximum Gasteiger partial charge on any atom is 0.145 e. The SMILES string of the molecule is CCCCC(CC)C[Si@@H]1c2cc(-c3cnc(-c4nc5ccccc5s4)c4nsnc34)sc2-c2sc(-c3cnc(-c4nc5ccccc5s4)c4nsnc34)c(C(C)C(C)CCCC)c21. The van der Waals surface area contributed by atoms with Crippen LogP contribution in [0.1, 0.15) is 91.0 Å². The molecule has 0 N–H and O–H groups in total. The Labute approximate surface area is 392 Å². The predicted molar refractivity (Wildman–Crippen MR) is 275 cm³/mol. The summed E-state index contributed by atoms with van der Waals surface area (Å²) in [5.74, 6) is 1.62. The standard InChI is InChI=1S/C48H46N8S6Si/c1-6-9-15-25(4)26(5)36-43(29-23-50-42(40-38(29)54-62-56-40)48-52-31-18-12-14-20-33(31)59-48)60-45-44-35(63(46(36)45)24-27(8-3)16-10-7-2)21-34(57-44)28-22-49-41(39-37(28)53-61-55-39)47-51-30-17-11-13-19-32(30)58-47/h11-14,17-23,25-27,63H,6-10,15-16,24H2,1-5H3/t25?,26?,27?,63-/m1/s1. The van der Waals surface area contributed by atoms with Crippen molar-refractivity contribution in [2.24, 2.45) is 11.8 Å². The van der Waals surface area contributed by atoms with Crippen molar-refractivity contribution in [3.63, 3.8) is 0 Å². The maximum absolute atomic E-state index is 5.22. The molecule has 11 rings (SSSR count). The van der Waals surface area contributed by atoms with Gasteiger partial charge in [-0.1, -0.05) is 104 Å². The molecule has 15 heteroatoms. The molecule has 10 aromatic rings. The number of hydrogen-bond donors (Lipinski definition) is 0. The molecule has 0 radical (unpaired) electrons. The molecule has 4 atom stereocenters. The number of thiazole rings is 2. The molecule has 0 aliphatic carbocycles. The Bertz CT molecular complexity index is 3220. The van der Waals surface area contributed by atoms with Gasteiger partial charge in [-0.25, -0.2) is 9.97 Å². The summed E-state index contributed by atoms with van der Waals surface area (Å²) in [4.78, 5) is 25.8. The van der Waals surface area contributed by atoms with Gasteiger partial charge in [-0.05, 0) is 70.1 Å². The monoisotopic (exact) mass is 954 g/mol. The number of benzene rings is 2. The quantitative estimate of drug-likeness (QED) is 0.0936. The molecule has 2 aromatic carbocycles. The number of nitrogens with zero attached hydrogens (tertiary/aromatic N) is 8. The highest BCUT2D eigenvalue weighted by Crippen LogP contribution is 2.50. The third kappa shape index (κ3) is 7.22. The van der Waals surface area contributed by atoms with Gasteiger partial charge in [0.1, 0.15) is 52.3 Å². The maximum atomic E-state index is 5.22. The summed E-state index contributed by atoms with van der Waals surface area (Å²) in [6.07, 6.45) is 12.8. The van der Waals surface area contributed by atoms with Crippen molar-refractivity contribution in [1.29, 1.82) is 0 Å². The van der Waals surface area contributed by atoms with Crippen LogP contribution in [0.4, 0.5) is 0 Å². The minimum atomic E-state index is -1.71. The first-order valence-corrected chi connectivity index (χ1v) is 28.9. The number of aromatic nitrogens is 8. The van der Waals surface area contributed by atoms with Crippen LogP contribution in [0.3, 0.4) is 0 Å². The van der Waals surface area contributed by atoms with Crippen molar-refractivity contribution in [3.05, 3.63) is 72.6 Å². The number of thiophene rings is 2. The Morgan fingerprint density at radius 1 is 0.619 bits per heavy atom. The molecule has 9 heterocycles. The van der Waals surface area contributed by atoms with Gasteiger partial charge in [0, 0.05) is 43.0 Å². The van der Waals surface area contributed by atoms with E-state index in [1.165, 1.54) is 94.0 Å². The van der Waals surface area contributed by atoms with Crippen molar-refractivity contribution in [1.82, 2.24) is 37.4 Å². The molecule has 0 amide bonds. The van der Waals surface area contributed by atoms with E-state index < -0.39 is 8.80 Å². The van der Waals surface area contributed by atoms with Crippen LogP contribution >= 0.6 is 68.8 Å². The lowest BCUT2D eigenvalue weighted by Crippen LogP contribution is -2.41. The molecule has 318 valence electrons. The van der Waals surface area contributed by atoms with Gasteiger partial charge in [0.15, 0.2) is 0 Å². The Balaban J connectivity index is 1.08. The molecule has 8 aromatic heterocycles. The fourth-order valence-corrected chi connectivity index (χ4v) is 20.9. The third-order valence-electron chi connectivity index (χ3n) is 13.2. The van der Waals surface area contributed by atoms with Crippen molar-refractivity contribution < 1.29 is 0 Å². The first-order valence-electron chi connectivity index (χ1n) is 22.2. The summed E-state index contributed by atoms with van der Waals surface area (Å²) >= 11 is 9.82. The lowest BCUT2D eigenvalue weighted by Gasteiger charge is -2.26. The molecule has 0 spiro atoms. The van der Waals surface area contributed by atoms with E-state index in [0.29, 0.717) is 17.8 Å². The lowest BCUT2D eigenvalue weighted by molar-refractivity contribution is 0.439. The molecule has 0 saturated carbocycles. The van der Waals surface area contributed by atoms with Crippen LogP contribution in [0, 0.1) is 11.8 Å². The van der Waals surface area contributed by atoms with E-state index in [2.05, 4.69) is 83.3 Å². The highest BCUT2D eigenvalue weighted by Gasteiger charge is 2.41. The smallest absolute Gasteiger partial charge is 0.145 e. The summed E-state index contributed by atoms with van der Waals surface area (Å²) in [6, 6.07) is 20.4.